The van der Waals surface area contributed by atoms with Crippen LogP contribution in [-0.4, -0.2) is 89.1 Å². The van der Waals surface area contributed by atoms with Crippen molar-refractivity contribution in [1.29, 1.82) is 0 Å². The average Bonchev–Trinajstić information content (AvgIpc) is 3.32. The number of H-pyrrole nitrogens is 1. The van der Waals surface area contributed by atoms with E-state index in [-0.39, 0.29) is 42.7 Å². The van der Waals surface area contributed by atoms with E-state index in [0.29, 0.717) is 42.8 Å². The van der Waals surface area contributed by atoms with Gasteiger partial charge >= 0.3 is 0 Å². The molecule has 3 atom stereocenters. The summed E-state index contributed by atoms with van der Waals surface area (Å²) in [5.41, 5.74) is 1.15. The first-order valence-corrected chi connectivity index (χ1v) is 11.3. The third-order valence-corrected chi connectivity index (χ3v) is 6.45. The quantitative estimate of drug-likeness (QED) is 0.574. The molecule has 0 radical (unpaired) electrons. The van der Waals surface area contributed by atoms with Gasteiger partial charge in [0.15, 0.2) is 12.1 Å². The number of aromatic nitrogens is 2. The highest BCUT2D eigenvalue weighted by molar-refractivity contribution is 5.99. The Morgan fingerprint density at radius 2 is 2.22 bits per heavy atom. The van der Waals surface area contributed by atoms with Gasteiger partial charge in [0, 0.05) is 31.0 Å². The summed E-state index contributed by atoms with van der Waals surface area (Å²) in [4.78, 5) is 37.7. The van der Waals surface area contributed by atoms with Crippen molar-refractivity contribution in [3.05, 3.63) is 23.8 Å². The van der Waals surface area contributed by atoms with Gasteiger partial charge in [-0.15, -0.1) is 0 Å². The molecule has 172 valence electrons. The molecule has 4 aliphatic heterocycles. The maximum absolute atomic E-state index is 13.3. The molecular weight excluding hydrogens is 412 g/mol. The Hall–Kier alpha value is -2.92. The Morgan fingerprint density at radius 3 is 2.94 bits per heavy atom. The van der Waals surface area contributed by atoms with E-state index in [1.165, 1.54) is 0 Å². The molecule has 0 saturated carbocycles. The average molecular weight is 443 g/mol. The number of allylic oxidation sites excluding steroid dienone is 1. The summed E-state index contributed by atoms with van der Waals surface area (Å²) in [6.45, 7) is 11.1. The molecule has 1 aromatic heterocycles. The van der Waals surface area contributed by atoms with Crippen LogP contribution in [0, 0.1) is 0 Å². The van der Waals surface area contributed by atoms with E-state index in [9.17, 15) is 9.59 Å². The maximum Gasteiger partial charge on any atom is 0.276 e. The molecule has 1 aromatic rings. The van der Waals surface area contributed by atoms with Gasteiger partial charge in [-0.2, -0.15) is 5.10 Å². The van der Waals surface area contributed by atoms with Gasteiger partial charge < -0.3 is 24.8 Å². The second kappa shape index (κ2) is 8.21. The molecule has 11 heteroatoms. The first-order valence-electron chi connectivity index (χ1n) is 11.3. The number of hydrogen-bond donors (Lipinski definition) is 3. The number of hydrazone groups is 1. The minimum atomic E-state index is -0.320. The van der Waals surface area contributed by atoms with Gasteiger partial charge in [0.05, 0.1) is 25.2 Å². The predicted octanol–water partition coefficient (Wildman–Crippen LogP) is 0.161. The number of carbonyl (C=O) groups is 2. The molecule has 3 N–H and O–H groups in total. The Kier molecular flexibility index (Phi) is 5.38. The second-order valence-electron chi connectivity index (χ2n) is 8.79. The van der Waals surface area contributed by atoms with Crippen molar-refractivity contribution in [2.45, 2.75) is 51.0 Å². The molecular formula is C21H30N8O3. The molecule has 2 saturated heterocycles. The molecule has 0 aromatic carbocycles. The monoisotopic (exact) mass is 442 g/mol. The first-order chi connectivity index (χ1) is 15.5. The number of amides is 2. The van der Waals surface area contributed by atoms with Crippen LogP contribution >= 0.6 is 0 Å². The molecule has 0 spiro atoms. The van der Waals surface area contributed by atoms with Crippen LogP contribution in [0.2, 0.25) is 0 Å². The highest BCUT2D eigenvalue weighted by Gasteiger charge is 2.44. The highest BCUT2D eigenvalue weighted by atomic mass is 16.5. The fraction of sp³-hybridized carbons (Fsp3) is 0.619. The van der Waals surface area contributed by atoms with Crippen LogP contribution in [0.5, 0.6) is 0 Å². The summed E-state index contributed by atoms with van der Waals surface area (Å²) in [6, 6.07) is 0.319. The van der Waals surface area contributed by atoms with Crippen LogP contribution in [-0.2, 0) is 9.53 Å². The standard InChI is InChI=1S/C21H30N8O3/c1-4-7-27-20(31)17-19(29-12(2)5-6-22-21(27)29)26-18(25-17)15-8-23-28(13(15)3)9-16(30)24-14-10-32-11-14/h8,12,14-15,21-22H,3-7,9-11H2,1-2H3,(H,24,30)(H,25,26)/t12?,15?,21-/m0/s1. The third-order valence-electron chi connectivity index (χ3n) is 6.45. The summed E-state index contributed by atoms with van der Waals surface area (Å²) in [5.74, 6) is 0.784. The van der Waals surface area contributed by atoms with E-state index in [0.717, 1.165) is 19.4 Å². The van der Waals surface area contributed by atoms with Crippen LogP contribution < -0.4 is 15.5 Å². The molecule has 2 unspecified atom stereocenters. The molecule has 2 amide bonds. The number of carbonyl (C=O) groups excluding carboxylic acids is 2. The van der Waals surface area contributed by atoms with Crippen LogP contribution in [0.4, 0.5) is 5.82 Å². The number of ether oxygens (including phenoxy) is 1. The van der Waals surface area contributed by atoms with Gasteiger partial charge in [0.25, 0.3) is 5.91 Å². The lowest BCUT2D eigenvalue weighted by Crippen LogP contribution is -2.67. The molecule has 4 aliphatic rings. The third kappa shape index (κ3) is 3.45. The molecule has 11 nitrogen and oxygen atoms in total. The first kappa shape index (κ1) is 21.0. The fourth-order valence-electron chi connectivity index (χ4n) is 4.64. The number of rotatable bonds is 6. The van der Waals surface area contributed by atoms with Crippen LogP contribution in [0.3, 0.4) is 0 Å². The maximum atomic E-state index is 13.3. The minimum Gasteiger partial charge on any atom is -0.377 e. The molecule has 5 rings (SSSR count). The van der Waals surface area contributed by atoms with Gasteiger partial charge in [0.1, 0.15) is 18.1 Å². The number of imidazole rings is 1. The molecule has 5 heterocycles. The summed E-state index contributed by atoms with van der Waals surface area (Å²) < 4.78 is 5.09. The highest BCUT2D eigenvalue weighted by Crippen LogP contribution is 2.36. The molecule has 0 aliphatic carbocycles. The summed E-state index contributed by atoms with van der Waals surface area (Å²) in [7, 11) is 0. The number of nitrogens with zero attached hydrogens (tertiary/aromatic N) is 5. The zero-order valence-corrected chi connectivity index (χ0v) is 18.5. The fourth-order valence-corrected chi connectivity index (χ4v) is 4.64. The van der Waals surface area contributed by atoms with Crippen molar-refractivity contribution in [3.63, 3.8) is 0 Å². The largest absolute Gasteiger partial charge is 0.377 e. The number of fused-ring (bicyclic) bond motifs is 3. The van der Waals surface area contributed by atoms with Gasteiger partial charge in [-0.1, -0.05) is 13.5 Å². The van der Waals surface area contributed by atoms with E-state index in [4.69, 9.17) is 9.72 Å². The summed E-state index contributed by atoms with van der Waals surface area (Å²) in [6.07, 6.45) is 3.37. The number of hydrogen-bond acceptors (Lipinski definition) is 8. The lowest BCUT2D eigenvalue weighted by Gasteiger charge is -2.49. The van der Waals surface area contributed by atoms with Gasteiger partial charge in [-0.05, 0) is 19.8 Å². The zero-order chi connectivity index (χ0) is 22.4. The number of nitrogens with one attached hydrogen (secondary N) is 3. The lowest BCUT2D eigenvalue weighted by molar-refractivity contribution is -0.125. The Balaban J connectivity index is 1.36. The molecule has 32 heavy (non-hydrogen) atoms. The zero-order valence-electron chi connectivity index (χ0n) is 18.5. The van der Waals surface area contributed by atoms with Crippen LogP contribution in [0.25, 0.3) is 0 Å². The number of aromatic amines is 1. The van der Waals surface area contributed by atoms with Crippen LogP contribution in [0.1, 0.15) is 48.9 Å². The Morgan fingerprint density at radius 1 is 1.41 bits per heavy atom. The minimum absolute atomic E-state index is 0.0528. The van der Waals surface area contributed by atoms with Crippen LogP contribution in [0.15, 0.2) is 17.4 Å². The van der Waals surface area contributed by atoms with Crippen molar-refractivity contribution < 1.29 is 14.3 Å². The second-order valence-corrected chi connectivity index (χ2v) is 8.79. The predicted molar refractivity (Wildman–Crippen MR) is 118 cm³/mol. The molecule has 2 fully saturated rings. The smallest absolute Gasteiger partial charge is 0.276 e. The van der Waals surface area contributed by atoms with E-state index in [1.807, 2.05) is 4.90 Å². The lowest BCUT2D eigenvalue weighted by atomic mass is 10.1. The van der Waals surface area contributed by atoms with E-state index in [1.54, 1.807) is 11.2 Å². The Bertz CT molecular complexity index is 955. The van der Waals surface area contributed by atoms with Gasteiger partial charge in [-0.3, -0.25) is 19.9 Å². The summed E-state index contributed by atoms with van der Waals surface area (Å²) >= 11 is 0. The molecule has 0 bridgehead atoms. The Labute approximate surface area is 186 Å². The number of anilines is 1. The van der Waals surface area contributed by atoms with E-state index < -0.39 is 0 Å². The van der Waals surface area contributed by atoms with Crippen molar-refractivity contribution >= 4 is 23.8 Å². The van der Waals surface area contributed by atoms with E-state index in [2.05, 4.69) is 46.0 Å². The SMILES string of the molecule is C=C1C(c2nc3c([nH]2)C(=O)N(CCC)[C@@H]2NCCC(C)N32)C=NN1CC(=O)NC1COC1. The topological polar surface area (TPSA) is 118 Å². The van der Waals surface area contributed by atoms with Gasteiger partial charge in [-0.25, -0.2) is 4.98 Å². The van der Waals surface area contributed by atoms with Crippen molar-refractivity contribution in [1.82, 2.24) is 30.5 Å². The van der Waals surface area contributed by atoms with Gasteiger partial charge in [0.2, 0.25) is 5.91 Å². The normalized spacial score (nSPS) is 27.4. The van der Waals surface area contributed by atoms with E-state index >= 15 is 0 Å². The van der Waals surface area contributed by atoms with Crippen molar-refractivity contribution in [2.24, 2.45) is 5.10 Å². The summed E-state index contributed by atoms with van der Waals surface area (Å²) in [5, 5.41) is 12.3. The van der Waals surface area contributed by atoms with Crippen molar-refractivity contribution in [2.75, 3.05) is 37.7 Å². The van der Waals surface area contributed by atoms with Crippen molar-refractivity contribution in [3.8, 4) is 0 Å².